The zero-order chi connectivity index (χ0) is 24.8. The van der Waals surface area contributed by atoms with Crippen LogP contribution in [0, 0.1) is 0 Å². The standard InChI is InChI=1S/C28H35N5O2/c1-21(2)8-6-9-22(3)13-15-31-16-18-32(19-17-31)20-26(34)33-25-12-5-4-10-23(25)28(35)30-24-11-7-14-29-27(24)33/h4-5,7-8,10-14H,6,9,15-20H2,1-3H3,(H,30,35). The minimum atomic E-state index is -0.233. The van der Waals surface area contributed by atoms with Crippen LogP contribution in [0.4, 0.5) is 17.2 Å². The molecule has 0 unspecified atom stereocenters. The summed E-state index contributed by atoms with van der Waals surface area (Å²) >= 11 is 0. The van der Waals surface area contributed by atoms with Crippen molar-refractivity contribution in [2.24, 2.45) is 0 Å². The third kappa shape index (κ3) is 6.24. The molecule has 2 amide bonds. The number of benzene rings is 1. The highest BCUT2D eigenvalue weighted by Crippen LogP contribution is 2.36. The summed E-state index contributed by atoms with van der Waals surface area (Å²) in [6.07, 6.45) is 8.46. The largest absolute Gasteiger partial charge is 0.319 e. The van der Waals surface area contributed by atoms with Crippen LogP contribution in [0.2, 0.25) is 0 Å². The Morgan fingerprint density at radius 1 is 1.00 bits per heavy atom. The average Bonchev–Trinajstić information content (AvgIpc) is 2.97. The van der Waals surface area contributed by atoms with E-state index in [9.17, 15) is 9.59 Å². The van der Waals surface area contributed by atoms with Crippen molar-refractivity contribution in [2.75, 3.05) is 49.5 Å². The topological polar surface area (TPSA) is 68.8 Å². The second-order valence-corrected chi connectivity index (χ2v) is 9.52. The Hall–Kier alpha value is -3.29. The van der Waals surface area contributed by atoms with Crippen molar-refractivity contribution < 1.29 is 9.59 Å². The van der Waals surface area contributed by atoms with Gasteiger partial charge in [-0.2, -0.15) is 0 Å². The van der Waals surface area contributed by atoms with E-state index in [4.69, 9.17) is 0 Å². The van der Waals surface area contributed by atoms with Crippen LogP contribution in [0.25, 0.3) is 0 Å². The van der Waals surface area contributed by atoms with Crippen LogP contribution < -0.4 is 10.2 Å². The molecule has 0 aliphatic carbocycles. The smallest absolute Gasteiger partial charge is 0.257 e. The van der Waals surface area contributed by atoms with Gasteiger partial charge in [0.05, 0.1) is 23.5 Å². The first-order chi connectivity index (χ1) is 16.9. The summed E-state index contributed by atoms with van der Waals surface area (Å²) in [4.78, 5) is 37.0. The molecule has 1 fully saturated rings. The molecule has 3 heterocycles. The van der Waals surface area contributed by atoms with Gasteiger partial charge in [0.25, 0.3) is 5.91 Å². The van der Waals surface area contributed by atoms with Crippen LogP contribution >= 0.6 is 0 Å². The molecule has 4 rings (SSSR count). The molecule has 184 valence electrons. The third-order valence-electron chi connectivity index (χ3n) is 6.50. The molecule has 1 N–H and O–H groups in total. The number of aromatic nitrogens is 1. The lowest BCUT2D eigenvalue weighted by Gasteiger charge is -2.35. The van der Waals surface area contributed by atoms with Gasteiger partial charge in [-0.15, -0.1) is 0 Å². The van der Waals surface area contributed by atoms with Gasteiger partial charge < -0.3 is 5.32 Å². The van der Waals surface area contributed by atoms with Crippen molar-refractivity contribution in [1.29, 1.82) is 0 Å². The SMILES string of the molecule is CC(C)=CCCC(C)=CCN1CCN(CC(=O)N2c3ccccc3C(=O)Nc3cccnc32)CC1. The Balaban J connectivity index is 1.38. The van der Waals surface area contributed by atoms with Gasteiger partial charge in [0.15, 0.2) is 5.82 Å². The van der Waals surface area contributed by atoms with Gasteiger partial charge in [-0.05, 0) is 57.9 Å². The van der Waals surface area contributed by atoms with Crippen molar-refractivity contribution in [3.8, 4) is 0 Å². The van der Waals surface area contributed by atoms with E-state index in [0.717, 1.165) is 45.6 Å². The maximum Gasteiger partial charge on any atom is 0.257 e. The Bertz CT molecular complexity index is 1130. The molecular formula is C28H35N5O2. The van der Waals surface area contributed by atoms with E-state index in [-0.39, 0.29) is 18.4 Å². The number of anilines is 3. The van der Waals surface area contributed by atoms with Crippen LogP contribution in [0.1, 0.15) is 44.0 Å². The van der Waals surface area contributed by atoms with E-state index >= 15 is 0 Å². The Morgan fingerprint density at radius 2 is 1.74 bits per heavy atom. The summed E-state index contributed by atoms with van der Waals surface area (Å²) in [6.45, 7) is 11.2. The maximum atomic E-state index is 13.6. The van der Waals surface area contributed by atoms with Gasteiger partial charge in [0.2, 0.25) is 5.91 Å². The summed E-state index contributed by atoms with van der Waals surface area (Å²) in [7, 11) is 0. The summed E-state index contributed by atoms with van der Waals surface area (Å²) in [5.74, 6) is 0.142. The Labute approximate surface area is 208 Å². The summed E-state index contributed by atoms with van der Waals surface area (Å²) in [5, 5.41) is 2.89. The maximum absolute atomic E-state index is 13.6. The lowest BCUT2D eigenvalue weighted by atomic mass is 10.1. The quantitative estimate of drug-likeness (QED) is 0.594. The zero-order valence-corrected chi connectivity index (χ0v) is 21.0. The molecule has 2 aliphatic rings. The van der Waals surface area contributed by atoms with Gasteiger partial charge in [-0.25, -0.2) is 4.98 Å². The molecule has 35 heavy (non-hydrogen) atoms. The molecule has 0 atom stereocenters. The Kier molecular flexibility index (Phi) is 8.10. The van der Waals surface area contributed by atoms with E-state index in [1.807, 2.05) is 6.07 Å². The molecule has 0 saturated carbocycles. The number of para-hydroxylation sites is 1. The van der Waals surface area contributed by atoms with Crippen molar-refractivity contribution >= 4 is 29.0 Å². The first kappa shape index (κ1) is 24.8. The minimum Gasteiger partial charge on any atom is -0.319 e. The van der Waals surface area contributed by atoms with Crippen LogP contribution in [0.3, 0.4) is 0 Å². The first-order valence-electron chi connectivity index (χ1n) is 12.3. The number of rotatable bonds is 7. The molecule has 1 aromatic carbocycles. The number of allylic oxidation sites excluding steroid dienone is 3. The average molecular weight is 474 g/mol. The third-order valence-corrected chi connectivity index (χ3v) is 6.50. The van der Waals surface area contributed by atoms with Gasteiger partial charge in [0.1, 0.15) is 0 Å². The zero-order valence-electron chi connectivity index (χ0n) is 21.0. The van der Waals surface area contributed by atoms with Crippen LogP contribution in [0.5, 0.6) is 0 Å². The van der Waals surface area contributed by atoms with E-state index in [0.29, 0.717) is 22.8 Å². The molecule has 0 radical (unpaired) electrons. The highest BCUT2D eigenvalue weighted by Gasteiger charge is 2.31. The van der Waals surface area contributed by atoms with Crippen molar-refractivity contribution in [3.05, 3.63) is 71.5 Å². The lowest BCUT2D eigenvalue weighted by Crippen LogP contribution is -2.49. The van der Waals surface area contributed by atoms with E-state index in [2.05, 4.69) is 53.0 Å². The fourth-order valence-electron chi connectivity index (χ4n) is 4.46. The van der Waals surface area contributed by atoms with Crippen LogP contribution in [0.15, 0.2) is 65.9 Å². The van der Waals surface area contributed by atoms with Crippen LogP contribution in [-0.2, 0) is 4.79 Å². The molecule has 2 aliphatic heterocycles. The second kappa shape index (κ2) is 11.4. The van der Waals surface area contributed by atoms with E-state index in [1.54, 1.807) is 41.4 Å². The number of hydrogen-bond donors (Lipinski definition) is 1. The summed E-state index contributed by atoms with van der Waals surface area (Å²) in [6, 6.07) is 10.7. The molecule has 1 saturated heterocycles. The van der Waals surface area contributed by atoms with Gasteiger partial charge in [-0.3, -0.25) is 24.3 Å². The number of nitrogens with one attached hydrogen (secondary N) is 1. The van der Waals surface area contributed by atoms with Gasteiger partial charge in [-0.1, -0.05) is 35.4 Å². The lowest BCUT2D eigenvalue weighted by molar-refractivity contribution is -0.119. The fourth-order valence-corrected chi connectivity index (χ4v) is 4.46. The van der Waals surface area contributed by atoms with Crippen molar-refractivity contribution in [1.82, 2.24) is 14.8 Å². The summed E-state index contributed by atoms with van der Waals surface area (Å²) < 4.78 is 0. The minimum absolute atomic E-state index is 0.0858. The van der Waals surface area contributed by atoms with E-state index < -0.39 is 0 Å². The van der Waals surface area contributed by atoms with Gasteiger partial charge >= 0.3 is 0 Å². The number of amides is 2. The number of carbonyl (C=O) groups is 2. The number of piperazine rings is 1. The monoisotopic (exact) mass is 473 g/mol. The highest BCUT2D eigenvalue weighted by molar-refractivity contribution is 6.17. The molecular weight excluding hydrogens is 438 g/mol. The molecule has 7 nitrogen and oxygen atoms in total. The highest BCUT2D eigenvalue weighted by atomic mass is 16.2. The molecule has 0 bridgehead atoms. The predicted octanol–water partition coefficient (Wildman–Crippen LogP) is 4.62. The Morgan fingerprint density at radius 3 is 2.51 bits per heavy atom. The van der Waals surface area contributed by atoms with Crippen molar-refractivity contribution in [2.45, 2.75) is 33.6 Å². The molecule has 7 heteroatoms. The summed E-state index contributed by atoms with van der Waals surface area (Å²) in [5.41, 5.74) is 4.37. The predicted molar refractivity (Wildman–Crippen MR) is 141 cm³/mol. The fraction of sp³-hybridized carbons (Fsp3) is 0.393. The number of nitrogens with zero attached hydrogens (tertiary/aromatic N) is 4. The number of hydrogen-bond acceptors (Lipinski definition) is 5. The number of pyridine rings is 1. The number of carbonyl (C=O) groups excluding carboxylic acids is 2. The second-order valence-electron chi connectivity index (χ2n) is 9.52. The molecule has 0 spiro atoms. The van der Waals surface area contributed by atoms with E-state index in [1.165, 1.54) is 11.1 Å². The first-order valence-corrected chi connectivity index (χ1v) is 12.3. The number of fused-ring (bicyclic) bond motifs is 2. The van der Waals surface area contributed by atoms with Crippen molar-refractivity contribution in [3.63, 3.8) is 0 Å². The normalized spacial score (nSPS) is 16.7. The molecule has 2 aromatic rings. The van der Waals surface area contributed by atoms with Crippen LogP contribution in [-0.4, -0.2) is 65.9 Å². The van der Waals surface area contributed by atoms with Gasteiger partial charge in [0, 0.05) is 38.9 Å². The molecule has 1 aromatic heterocycles.